The van der Waals surface area contributed by atoms with E-state index >= 15 is 0 Å². The first-order valence-corrected chi connectivity index (χ1v) is 7.15. The van der Waals surface area contributed by atoms with Gasteiger partial charge < -0.3 is 14.2 Å². The molecule has 2 aromatic rings. The topological polar surface area (TPSA) is 71.7 Å². The van der Waals surface area contributed by atoms with Gasteiger partial charge in [0.25, 0.3) is 5.56 Å². The Morgan fingerprint density at radius 2 is 1.54 bits per heavy atom. The Balaban J connectivity index is 1.86. The van der Waals surface area contributed by atoms with Gasteiger partial charge in [0.2, 0.25) is 5.75 Å². The van der Waals surface area contributed by atoms with Crippen LogP contribution in [0.5, 0.6) is 17.2 Å². The van der Waals surface area contributed by atoms with E-state index in [0.29, 0.717) is 5.75 Å². The van der Waals surface area contributed by atoms with Crippen LogP contribution in [0.15, 0.2) is 40.1 Å². The number of benzene rings is 1. The quantitative estimate of drug-likeness (QED) is 0.749. The van der Waals surface area contributed by atoms with Crippen LogP contribution in [0.1, 0.15) is 0 Å². The second-order valence-electron chi connectivity index (χ2n) is 4.86. The van der Waals surface area contributed by atoms with Crippen LogP contribution in [0.3, 0.4) is 0 Å². The predicted molar refractivity (Wildman–Crippen MR) is 88.7 cm³/mol. The van der Waals surface area contributed by atoms with Gasteiger partial charge in [-0.1, -0.05) is 11.8 Å². The van der Waals surface area contributed by atoms with Gasteiger partial charge in [-0.05, 0) is 24.3 Å². The van der Waals surface area contributed by atoms with Crippen molar-refractivity contribution in [3.63, 3.8) is 0 Å². The van der Waals surface area contributed by atoms with Gasteiger partial charge in [0.05, 0.1) is 13.3 Å². The Hall–Kier alpha value is -3.14. The van der Waals surface area contributed by atoms with E-state index in [-0.39, 0.29) is 19.0 Å². The maximum absolute atomic E-state index is 11.8. The summed E-state index contributed by atoms with van der Waals surface area (Å²) < 4.78 is 18.0. The first kappa shape index (κ1) is 17.2. The minimum absolute atomic E-state index is 0.0272. The summed E-state index contributed by atoms with van der Waals surface area (Å²) in [7, 11) is 4.54. The van der Waals surface area contributed by atoms with Crippen molar-refractivity contribution >= 4 is 0 Å². The summed E-state index contributed by atoms with van der Waals surface area (Å²) in [6.45, 7) is 0.223. The van der Waals surface area contributed by atoms with Crippen molar-refractivity contribution in [2.75, 3.05) is 20.3 Å². The molecule has 0 saturated heterocycles. The predicted octanol–water partition coefficient (Wildman–Crippen LogP) is 0.554. The summed E-state index contributed by atoms with van der Waals surface area (Å²) in [5, 5.41) is 0. The zero-order valence-electron chi connectivity index (χ0n) is 13.7. The van der Waals surface area contributed by atoms with Crippen LogP contribution in [0.2, 0.25) is 0 Å². The molecule has 0 amide bonds. The fraction of sp³-hybridized carbons (Fsp3) is 0.294. The lowest BCUT2D eigenvalue weighted by molar-refractivity contribution is 0.351. The number of nitrogens with zero attached hydrogens (tertiary/aromatic N) is 2. The molecule has 1 heterocycles. The van der Waals surface area contributed by atoms with Crippen molar-refractivity contribution in [3.05, 3.63) is 51.3 Å². The highest BCUT2D eigenvalue weighted by molar-refractivity contribution is 5.31. The molecule has 126 valence electrons. The molecule has 1 aromatic carbocycles. The van der Waals surface area contributed by atoms with Gasteiger partial charge in [-0.2, -0.15) is 0 Å². The molecule has 0 N–H and O–H groups in total. The molecule has 0 fully saturated rings. The molecule has 0 radical (unpaired) electrons. The van der Waals surface area contributed by atoms with E-state index in [1.807, 2.05) is 0 Å². The molecule has 0 aliphatic heterocycles. The molecule has 1 aromatic heterocycles. The maximum Gasteiger partial charge on any atom is 0.330 e. The van der Waals surface area contributed by atoms with Crippen molar-refractivity contribution in [2.45, 2.75) is 0 Å². The SMILES string of the molecule is COc1ccc(OCC#CCOc2cn(C)c(=O)n(C)c2=O)cc1. The van der Waals surface area contributed by atoms with Crippen LogP contribution < -0.4 is 25.5 Å². The lowest BCUT2D eigenvalue weighted by Gasteiger charge is -2.06. The third kappa shape index (κ3) is 4.20. The Bertz CT molecular complexity index is 869. The number of hydrogen-bond acceptors (Lipinski definition) is 5. The van der Waals surface area contributed by atoms with Crippen LogP contribution in [-0.2, 0) is 14.1 Å². The fourth-order valence-corrected chi connectivity index (χ4v) is 1.88. The van der Waals surface area contributed by atoms with E-state index in [9.17, 15) is 9.59 Å². The monoisotopic (exact) mass is 330 g/mol. The molecule has 0 saturated carbocycles. The Morgan fingerprint density at radius 1 is 0.958 bits per heavy atom. The number of methoxy groups -OCH3 is 1. The molecule has 0 bridgehead atoms. The molecular formula is C17H18N2O5. The fourth-order valence-electron chi connectivity index (χ4n) is 1.88. The molecule has 7 heteroatoms. The molecule has 0 spiro atoms. The zero-order chi connectivity index (χ0) is 17.5. The third-order valence-corrected chi connectivity index (χ3v) is 3.21. The van der Waals surface area contributed by atoms with E-state index in [4.69, 9.17) is 14.2 Å². The second-order valence-corrected chi connectivity index (χ2v) is 4.86. The highest BCUT2D eigenvalue weighted by Gasteiger charge is 2.06. The maximum atomic E-state index is 11.8. The van der Waals surface area contributed by atoms with Crippen molar-refractivity contribution in [2.24, 2.45) is 14.1 Å². The van der Waals surface area contributed by atoms with Crippen molar-refractivity contribution in [1.82, 2.24) is 9.13 Å². The van der Waals surface area contributed by atoms with E-state index in [2.05, 4.69) is 11.8 Å². The van der Waals surface area contributed by atoms with Gasteiger partial charge in [-0.25, -0.2) is 4.79 Å². The number of aromatic nitrogens is 2. The normalized spacial score (nSPS) is 9.79. The highest BCUT2D eigenvalue weighted by Crippen LogP contribution is 2.16. The van der Waals surface area contributed by atoms with Gasteiger partial charge in [-0.15, -0.1) is 0 Å². The molecule has 7 nitrogen and oxygen atoms in total. The van der Waals surface area contributed by atoms with E-state index in [0.717, 1.165) is 10.3 Å². The van der Waals surface area contributed by atoms with Gasteiger partial charge in [0.1, 0.15) is 24.7 Å². The number of rotatable bonds is 5. The van der Waals surface area contributed by atoms with Crippen molar-refractivity contribution < 1.29 is 14.2 Å². The summed E-state index contributed by atoms with van der Waals surface area (Å²) in [5.41, 5.74) is -0.902. The lowest BCUT2D eigenvalue weighted by Crippen LogP contribution is -2.37. The minimum atomic E-state index is -0.491. The molecule has 0 unspecified atom stereocenters. The number of ether oxygens (including phenoxy) is 3. The Kier molecular flexibility index (Phi) is 5.68. The van der Waals surface area contributed by atoms with Crippen LogP contribution in [-0.4, -0.2) is 29.5 Å². The average Bonchev–Trinajstić information content (AvgIpc) is 2.60. The van der Waals surface area contributed by atoms with Gasteiger partial charge in [0, 0.05) is 14.1 Å². The first-order chi connectivity index (χ1) is 11.5. The van der Waals surface area contributed by atoms with Crippen LogP contribution in [0.25, 0.3) is 0 Å². The third-order valence-electron chi connectivity index (χ3n) is 3.21. The highest BCUT2D eigenvalue weighted by atomic mass is 16.5. The first-order valence-electron chi connectivity index (χ1n) is 7.15. The van der Waals surface area contributed by atoms with E-state index in [1.54, 1.807) is 38.4 Å². The molecular weight excluding hydrogens is 312 g/mol. The summed E-state index contributed by atoms with van der Waals surface area (Å²) in [5.74, 6) is 7.04. The molecule has 0 aliphatic rings. The summed E-state index contributed by atoms with van der Waals surface area (Å²) in [4.78, 5) is 23.4. The summed E-state index contributed by atoms with van der Waals surface area (Å²) in [6, 6.07) is 7.15. The van der Waals surface area contributed by atoms with Crippen LogP contribution >= 0.6 is 0 Å². The molecule has 2 rings (SSSR count). The average molecular weight is 330 g/mol. The van der Waals surface area contributed by atoms with Crippen molar-refractivity contribution in [3.8, 4) is 29.1 Å². The minimum Gasteiger partial charge on any atom is -0.497 e. The van der Waals surface area contributed by atoms with Crippen LogP contribution in [0.4, 0.5) is 0 Å². The Morgan fingerprint density at radius 3 is 2.17 bits per heavy atom. The van der Waals surface area contributed by atoms with E-state index < -0.39 is 11.2 Å². The molecule has 0 aliphatic carbocycles. The Labute approximate surface area is 139 Å². The number of aryl methyl sites for hydroxylation is 1. The zero-order valence-corrected chi connectivity index (χ0v) is 13.7. The smallest absolute Gasteiger partial charge is 0.330 e. The second kappa shape index (κ2) is 7.92. The largest absolute Gasteiger partial charge is 0.497 e. The van der Waals surface area contributed by atoms with Gasteiger partial charge in [0.15, 0.2) is 0 Å². The van der Waals surface area contributed by atoms with Gasteiger partial charge >= 0.3 is 5.69 Å². The molecule has 0 atom stereocenters. The molecule has 24 heavy (non-hydrogen) atoms. The lowest BCUT2D eigenvalue weighted by atomic mass is 10.3. The summed E-state index contributed by atoms with van der Waals surface area (Å²) in [6.07, 6.45) is 1.35. The summed E-state index contributed by atoms with van der Waals surface area (Å²) >= 11 is 0. The number of hydrogen-bond donors (Lipinski definition) is 0. The van der Waals surface area contributed by atoms with Crippen molar-refractivity contribution in [1.29, 1.82) is 0 Å². The van der Waals surface area contributed by atoms with E-state index in [1.165, 1.54) is 17.8 Å². The van der Waals surface area contributed by atoms with Gasteiger partial charge in [-0.3, -0.25) is 13.9 Å². The van der Waals surface area contributed by atoms with Crippen LogP contribution in [0, 0.1) is 11.8 Å². The standard InChI is InChI=1S/C17H18N2O5/c1-18-12-15(16(20)19(2)17(18)21)24-11-5-4-10-23-14-8-6-13(22-3)7-9-14/h6-9,12H,10-11H2,1-3H3.